The fourth-order valence-electron chi connectivity index (χ4n) is 3.46. The minimum Gasteiger partial charge on any atom is -0.530 e. The average molecular weight is 467 g/mol. The molecule has 3 rings (SSSR count). The van der Waals surface area contributed by atoms with E-state index < -0.39 is 21.8 Å². The van der Waals surface area contributed by atoms with Gasteiger partial charge in [-0.15, -0.1) is 0 Å². The molecule has 0 aliphatic carbocycles. The van der Waals surface area contributed by atoms with Crippen molar-refractivity contribution < 1.29 is 27.9 Å². The Kier molecular flexibility index (Phi) is 7.63. The molecule has 1 aromatic carbocycles. The average Bonchev–Trinajstić information content (AvgIpc) is 3.18. The number of carboxylic acid groups (broad SMARTS) is 1. The largest absolute Gasteiger partial charge is 0.530 e. The zero-order valence-corrected chi connectivity index (χ0v) is 18.6. The van der Waals surface area contributed by atoms with E-state index in [9.17, 15) is 23.1 Å². The molecule has 9 nitrogen and oxygen atoms in total. The number of thiazole rings is 1. The summed E-state index contributed by atoms with van der Waals surface area (Å²) in [5.74, 6) is -0.407. The zero-order chi connectivity index (χ0) is 22.4. The second-order valence-corrected chi connectivity index (χ2v) is 10.6. The van der Waals surface area contributed by atoms with E-state index in [-0.39, 0.29) is 17.3 Å². The van der Waals surface area contributed by atoms with Gasteiger partial charge in [0.25, 0.3) is 0 Å². The first kappa shape index (κ1) is 23.2. The lowest BCUT2D eigenvalue weighted by Crippen LogP contribution is -2.35. The van der Waals surface area contributed by atoms with Gasteiger partial charge < -0.3 is 25.3 Å². The van der Waals surface area contributed by atoms with Crippen LogP contribution < -0.4 is 15.7 Å². The van der Waals surface area contributed by atoms with E-state index >= 15 is 0 Å². The highest BCUT2D eigenvalue weighted by Crippen LogP contribution is 2.31. The molecule has 1 saturated heterocycles. The Balaban J connectivity index is 1.76. The van der Waals surface area contributed by atoms with Crippen LogP contribution >= 0.6 is 11.3 Å². The Labute approximate surface area is 184 Å². The van der Waals surface area contributed by atoms with E-state index in [1.54, 1.807) is 12.1 Å². The van der Waals surface area contributed by atoms with Gasteiger partial charge in [-0.25, -0.2) is 13.4 Å². The molecule has 2 heterocycles. The summed E-state index contributed by atoms with van der Waals surface area (Å²) in [6.45, 7) is 1.37. The van der Waals surface area contributed by atoms with Crippen molar-refractivity contribution in [2.75, 3.05) is 24.8 Å². The Morgan fingerprint density at radius 1 is 1.26 bits per heavy atom. The number of nitrogens with one attached hydrogen (secondary N) is 2. The Morgan fingerprint density at radius 2 is 1.94 bits per heavy atom. The summed E-state index contributed by atoms with van der Waals surface area (Å²) in [7, 11) is -3.33. The Hall–Kier alpha value is -2.50. The molecule has 2 N–H and O–H groups in total. The third kappa shape index (κ3) is 6.74. The lowest BCUT2D eigenvalue weighted by atomic mass is 9.84. The van der Waals surface area contributed by atoms with Crippen LogP contribution in [0.25, 0.3) is 0 Å². The van der Waals surface area contributed by atoms with Gasteiger partial charge in [-0.1, -0.05) is 23.5 Å². The topological polar surface area (TPSA) is 138 Å². The monoisotopic (exact) mass is 466 g/mol. The molecule has 31 heavy (non-hydrogen) atoms. The highest BCUT2D eigenvalue weighted by atomic mass is 32.2. The molecule has 1 fully saturated rings. The van der Waals surface area contributed by atoms with Gasteiger partial charge in [0.05, 0.1) is 17.4 Å². The molecule has 1 aliphatic heterocycles. The normalized spacial score (nSPS) is 15.9. The number of nitrogens with zero attached hydrogens (tertiary/aromatic N) is 1. The van der Waals surface area contributed by atoms with Crippen molar-refractivity contribution in [2.45, 2.75) is 36.6 Å². The molecule has 0 radical (unpaired) electrons. The maximum absolute atomic E-state index is 13.1. The van der Waals surface area contributed by atoms with Crippen LogP contribution in [0.4, 0.5) is 9.93 Å². The molecule has 168 valence electrons. The van der Waals surface area contributed by atoms with Crippen LogP contribution in [0.15, 0.2) is 35.4 Å². The van der Waals surface area contributed by atoms with Crippen molar-refractivity contribution in [1.82, 2.24) is 10.3 Å². The number of carbonyl (C=O) groups excluding carboxylic acids is 2. The third-order valence-electron chi connectivity index (χ3n) is 5.13. The second kappa shape index (κ2) is 10.2. The van der Waals surface area contributed by atoms with Gasteiger partial charge >= 0.3 is 0 Å². The van der Waals surface area contributed by atoms with Crippen molar-refractivity contribution in [3.8, 4) is 0 Å². The van der Waals surface area contributed by atoms with Gasteiger partial charge in [0.15, 0.2) is 15.0 Å². The quantitative estimate of drug-likeness (QED) is 0.601. The Morgan fingerprint density at radius 3 is 2.55 bits per heavy atom. The summed E-state index contributed by atoms with van der Waals surface area (Å²) in [5, 5.41) is 15.9. The molecule has 2 aromatic rings. The van der Waals surface area contributed by atoms with E-state index in [0.29, 0.717) is 35.6 Å². The summed E-state index contributed by atoms with van der Waals surface area (Å²) in [6.07, 6.45) is 3.59. The van der Waals surface area contributed by atoms with Gasteiger partial charge in [0, 0.05) is 30.5 Å². The first-order valence-electron chi connectivity index (χ1n) is 9.80. The van der Waals surface area contributed by atoms with E-state index in [1.165, 1.54) is 29.7 Å². The number of rotatable bonds is 8. The van der Waals surface area contributed by atoms with Crippen LogP contribution in [0.3, 0.4) is 0 Å². The van der Waals surface area contributed by atoms with Gasteiger partial charge in [-0.05, 0) is 42.9 Å². The zero-order valence-electron chi connectivity index (χ0n) is 17.0. The minimum atomic E-state index is -3.33. The standard InChI is InChI=1S/C20H25N3O6S2/c1-31(27,28)16-4-2-14(3-5-16)17(10-13-6-8-29-9-7-13)18(24)23-19-21-11-15(30-19)12-22-20(25)26/h2-5,11,13,17,22H,6-10,12H2,1H3,(H,25,26)(H,21,23,24)/p-1. The summed E-state index contributed by atoms with van der Waals surface area (Å²) < 4.78 is 28.9. The van der Waals surface area contributed by atoms with Crippen LogP contribution in [0, 0.1) is 5.92 Å². The lowest BCUT2D eigenvalue weighted by molar-refractivity contribution is -0.251. The van der Waals surface area contributed by atoms with Crippen molar-refractivity contribution in [1.29, 1.82) is 0 Å². The lowest BCUT2D eigenvalue weighted by Gasteiger charge is -2.26. The van der Waals surface area contributed by atoms with Crippen molar-refractivity contribution in [3.63, 3.8) is 0 Å². The number of hydrogen-bond acceptors (Lipinski definition) is 8. The number of amides is 2. The molecule has 1 aliphatic rings. The van der Waals surface area contributed by atoms with Gasteiger partial charge in [-0.3, -0.25) is 4.79 Å². The fraction of sp³-hybridized carbons (Fsp3) is 0.450. The van der Waals surface area contributed by atoms with Crippen molar-refractivity contribution in [3.05, 3.63) is 40.9 Å². The fourth-order valence-corrected chi connectivity index (χ4v) is 4.84. The highest BCUT2D eigenvalue weighted by molar-refractivity contribution is 7.90. The van der Waals surface area contributed by atoms with Crippen LogP contribution in [-0.2, 0) is 25.9 Å². The number of aromatic nitrogens is 1. The van der Waals surface area contributed by atoms with E-state index in [4.69, 9.17) is 4.74 Å². The number of carbonyl (C=O) groups is 2. The van der Waals surface area contributed by atoms with E-state index in [2.05, 4.69) is 15.6 Å². The number of sulfone groups is 1. The number of benzene rings is 1. The Bertz CT molecular complexity index is 1010. The minimum absolute atomic E-state index is 0.0499. The molecule has 1 aromatic heterocycles. The summed E-state index contributed by atoms with van der Waals surface area (Å²) >= 11 is 1.17. The molecular formula is C20H24N3O6S2-. The second-order valence-electron chi connectivity index (χ2n) is 7.45. The van der Waals surface area contributed by atoms with Crippen LogP contribution in [0.5, 0.6) is 0 Å². The smallest absolute Gasteiger partial charge is 0.233 e. The van der Waals surface area contributed by atoms with Crippen LogP contribution in [0.2, 0.25) is 0 Å². The van der Waals surface area contributed by atoms with Gasteiger partial charge in [-0.2, -0.15) is 0 Å². The first-order chi connectivity index (χ1) is 14.7. The van der Waals surface area contributed by atoms with E-state index in [1.807, 2.05) is 0 Å². The molecule has 1 unspecified atom stereocenters. The van der Waals surface area contributed by atoms with Crippen molar-refractivity contribution >= 4 is 38.3 Å². The molecule has 2 amide bonds. The van der Waals surface area contributed by atoms with Gasteiger partial charge in [0.2, 0.25) is 5.91 Å². The van der Waals surface area contributed by atoms with Gasteiger partial charge in [0.1, 0.15) is 6.09 Å². The first-order valence-corrected chi connectivity index (χ1v) is 12.5. The maximum Gasteiger partial charge on any atom is 0.233 e. The SMILES string of the molecule is CS(=O)(=O)c1ccc(C(CC2CCOCC2)C(=O)Nc2ncc(CNC(=O)[O-])s2)cc1. The molecule has 0 saturated carbocycles. The summed E-state index contributed by atoms with van der Waals surface area (Å²) in [5.41, 5.74) is 0.729. The van der Waals surface area contributed by atoms with Crippen LogP contribution in [-0.4, -0.2) is 44.9 Å². The predicted molar refractivity (Wildman–Crippen MR) is 113 cm³/mol. The summed E-state index contributed by atoms with van der Waals surface area (Å²) in [6, 6.07) is 6.39. The molecule has 11 heteroatoms. The van der Waals surface area contributed by atoms with Crippen molar-refractivity contribution in [2.24, 2.45) is 5.92 Å². The number of hydrogen-bond donors (Lipinski definition) is 2. The molecule has 0 spiro atoms. The van der Waals surface area contributed by atoms with E-state index in [0.717, 1.165) is 24.7 Å². The third-order valence-corrected chi connectivity index (χ3v) is 7.17. The predicted octanol–water partition coefficient (Wildman–Crippen LogP) is 1.52. The number of anilines is 1. The molecular weight excluding hydrogens is 442 g/mol. The van der Waals surface area contributed by atoms with Crippen LogP contribution in [0.1, 0.15) is 35.6 Å². The molecule has 1 atom stereocenters. The highest BCUT2D eigenvalue weighted by Gasteiger charge is 2.27. The maximum atomic E-state index is 13.1. The molecule has 0 bridgehead atoms. The summed E-state index contributed by atoms with van der Waals surface area (Å²) in [4.78, 5) is 28.6. The number of ether oxygens (including phenoxy) is 1.